The van der Waals surface area contributed by atoms with Crippen molar-refractivity contribution in [2.24, 2.45) is 0 Å². The minimum absolute atomic E-state index is 0.0429. The first kappa shape index (κ1) is 16.7. The largest absolute Gasteiger partial charge is 0.392 e. The Labute approximate surface area is 153 Å². The third kappa shape index (κ3) is 3.60. The summed E-state index contributed by atoms with van der Waals surface area (Å²) in [5.74, 6) is 2.41. The van der Waals surface area contributed by atoms with Gasteiger partial charge in [0, 0.05) is 43.8 Å². The molecule has 3 aromatic rings. The van der Waals surface area contributed by atoms with Crippen LogP contribution >= 0.6 is 0 Å². The molecule has 0 aromatic carbocycles. The van der Waals surface area contributed by atoms with Gasteiger partial charge >= 0.3 is 0 Å². The highest BCUT2D eigenvalue weighted by Gasteiger charge is 2.25. The molecule has 1 N–H and O–H groups in total. The third-order valence-electron chi connectivity index (χ3n) is 4.91. The molecule has 26 heavy (non-hydrogen) atoms. The highest BCUT2D eigenvalue weighted by Crippen LogP contribution is 2.29. The normalized spacial score (nSPS) is 17.4. The Morgan fingerprint density at radius 3 is 2.88 bits per heavy atom. The van der Waals surface area contributed by atoms with Crippen molar-refractivity contribution in [2.45, 2.75) is 31.9 Å². The molecule has 0 spiro atoms. The fourth-order valence-electron chi connectivity index (χ4n) is 3.61. The zero-order valence-electron chi connectivity index (χ0n) is 14.7. The number of hydrogen-bond donors (Lipinski definition) is 1. The highest BCUT2D eigenvalue weighted by molar-refractivity contribution is 5.42. The summed E-state index contributed by atoms with van der Waals surface area (Å²) in [4.78, 5) is 15.9. The summed E-state index contributed by atoms with van der Waals surface area (Å²) in [7, 11) is 0. The van der Waals surface area contributed by atoms with Crippen LogP contribution in [0.1, 0.15) is 35.8 Å². The topological polar surface area (TPSA) is 67.1 Å². The summed E-state index contributed by atoms with van der Waals surface area (Å²) < 4.78 is 2.20. The van der Waals surface area contributed by atoms with Crippen molar-refractivity contribution in [3.8, 4) is 0 Å². The second kappa shape index (κ2) is 7.66. The van der Waals surface area contributed by atoms with Crippen LogP contribution in [-0.4, -0.2) is 37.7 Å². The molecule has 1 aliphatic heterocycles. The molecule has 0 amide bonds. The standard InChI is InChI=1S/C20H23N5O/c26-15-16-6-8-22-19(12-16)24-10-3-4-17(13-24)20-23-9-11-25(20)14-18-5-1-2-7-21-18/h1-2,5-9,11-12,17,26H,3-4,10,13-15H2/t17-/m1/s1. The van der Waals surface area contributed by atoms with Gasteiger partial charge in [-0.15, -0.1) is 0 Å². The van der Waals surface area contributed by atoms with E-state index in [0.717, 1.165) is 55.4 Å². The van der Waals surface area contributed by atoms with Crippen molar-refractivity contribution in [3.63, 3.8) is 0 Å². The Kier molecular flexibility index (Phi) is 4.93. The SMILES string of the molecule is OCc1ccnc(N2CCC[C@@H](c3nccn3Cc3ccccn3)C2)c1. The number of aromatic nitrogens is 4. The maximum absolute atomic E-state index is 9.37. The summed E-state index contributed by atoms with van der Waals surface area (Å²) in [6.07, 6.45) is 9.73. The zero-order valence-corrected chi connectivity index (χ0v) is 14.7. The summed E-state index contributed by atoms with van der Waals surface area (Å²) in [6.45, 7) is 2.66. The second-order valence-electron chi connectivity index (χ2n) is 6.70. The molecule has 134 valence electrons. The van der Waals surface area contributed by atoms with Gasteiger partial charge in [-0.05, 0) is 42.7 Å². The summed E-state index contributed by atoms with van der Waals surface area (Å²) in [5, 5.41) is 9.37. The zero-order chi connectivity index (χ0) is 17.8. The monoisotopic (exact) mass is 349 g/mol. The maximum atomic E-state index is 9.37. The number of rotatable bonds is 5. The van der Waals surface area contributed by atoms with Gasteiger partial charge in [0.2, 0.25) is 0 Å². The summed E-state index contributed by atoms with van der Waals surface area (Å²) in [5.41, 5.74) is 1.94. The van der Waals surface area contributed by atoms with Gasteiger partial charge in [-0.1, -0.05) is 6.07 Å². The number of hydrogen-bond acceptors (Lipinski definition) is 5. The molecule has 6 nitrogen and oxygen atoms in total. The molecule has 4 rings (SSSR count). The van der Waals surface area contributed by atoms with E-state index >= 15 is 0 Å². The fraction of sp³-hybridized carbons (Fsp3) is 0.350. The van der Waals surface area contributed by atoms with Crippen molar-refractivity contribution >= 4 is 5.82 Å². The van der Waals surface area contributed by atoms with Crippen molar-refractivity contribution in [2.75, 3.05) is 18.0 Å². The lowest BCUT2D eigenvalue weighted by atomic mass is 9.97. The van der Waals surface area contributed by atoms with Crippen LogP contribution in [0.5, 0.6) is 0 Å². The van der Waals surface area contributed by atoms with Crippen LogP contribution in [0, 0.1) is 0 Å². The minimum atomic E-state index is 0.0429. The van der Waals surface area contributed by atoms with Crippen molar-refractivity contribution < 1.29 is 5.11 Å². The fourth-order valence-corrected chi connectivity index (χ4v) is 3.61. The Hall–Kier alpha value is -2.73. The van der Waals surface area contributed by atoms with Gasteiger partial charge < -0.3 is 14.6 Å². The molecule has 1 atom stereocenters. The van der Waals surface area contributed by atoms with E-state index in [1.165, 1.54) is 0 Å². The van der Waals surface area contributed by atoms with Crippen LogP contribution in [0.2, 0.25) is 0 Å². The molecule has 3 aromatic heterocycles. The van der Waals surface area contributed by atoms with E-state index in [0.29, 0.717) is 5.92 Å². The third-order valence-corrected chi connectivity index (χ3v) is 4.91. The molecule has 4 heterocycles. The average molecular weight is 349 g/mol. The highest BCUT2D eigenvalue weighted by atomic mass is 16.3. The molecular formula is C20H23N5O. The molecule has 6 heteroatoms. The van der Waals surface area contributed by atoms with Crippen molar-refractivity contribution in [1.82, 2.24) is 19.5 Å². The van der Waals surface area contributed by atoms with Crippen LogP contribution in [-0.2, 0) is 13.2 Å². The molecule has 0 saturated carbocycles. The predicted molar refractivity (Wildman–Crippen MR) is 99.9 cm³/mol. The van der Waals surface area contributed by atoms with E-state index in [4.69, 9.17) is 0 Å². The van der Waals surface area contributed by atoms with Crippen molar-refractivity contribution in [1.29, 1.82) is 0 Å². The Morgan fingerprint density at radius 2 is 2.04 bits per heavy atom. The van der Waals surface area contributed by atoms with Crippen molar-refractivity contribution in [3.05, 3.63) is 72.2 Å². The van der Waals surface area contributed by atoms with E-state index in [-0.39, 0.29) is 6.61 Å². The van der Waals surface area contributed by atoms with E-state index in [2.05, 4.69) is 24.4 Å². The van der Waals surface area contributed by atoms with Crippen LogP contribution < -0.4 is 4.90 Å². The molecule has 1 aliphatic rings. The van der Waals surface area contributed by atoms with Crippen LogP contribution in [0.3, 0.4) is 0 Å². The smallest absolute Gasteiger partial charge is 0.128 e. The van der Waals surface area contributed by atoms with Gasteiger partial charge in [0.25, 0.3) is 0 Å². The molecular weight excluding hydrogens is 326 g/mol. The van der Waals surface area contributed by atoms with E-state index in [1.54, 1.807) is 6.20 Å². The first-order valence-electron chi connectivity index (χ1n) is 9.05. The number of pyridine rings is 2. The molecule has 1 saturated heterocycles. The van der Waals surface area contributed by atoms with Gasteiger partial charge in [-0.2, -0.15) is 0 Å². The maximum Gasteiger partial charge on any atom is 0.128 e. The Morgan fingerprint density at radius 1 is 1.08 bits per heavy atom. The van der Waals surface area contributed by atoms with E-state index in [1.807, 2.05) is 48.9 Å². The number of aliphatic hydroxyl groups excluding tert-OH is 1. The molecule has 0 aliphatic carbocycles. The first-order chi connectivity index (χ1) is 12.8. The second-order valence-corrected chi connectivity index (χ2v) is 6.70. The number of aliphatic hydroxyl groups is 1. The molecule has 0 unspecified atom stereocenters. The van der Waals surface area contributed by atoms with Crippen LogP contribution in [0.15, 0.2) is 55.1 Å². The van der Waals surface area contributed by atoms with Gasteiger partial charge in [0.05, 0.1) is 18.8 Å². The minimum Gasteiger partial charge on any atom is -0.392 e. The summed E-state index contributed by atoms with van der Waals surface area (Å²) in [6, 6.07) is 9.82. The van der Waals surface area contributed by atoms with Gasteiger partial charge in [-0.3, -0.25) is 4.98 Å². The number of piperidine rings is 1. The molecule has 0 radical (unpaired) electrons. The lowest BCUT2D eigenvalue weighted by Crippen LogP contribution is -2.36. The Balaban J connectivity index is 1.52. The Bertz CT molecular complexity index is 848. The van der Waals surface area contributed by atoms with E-state index < -0.39 is 0 Å². The molecule has 0 bridgehead atoms. The van der Waals surface area contributed by atoms with Crippen LogP contribution in [0.25, 0.3) is 0 Å². The number of nitrogens with zero attached hydrogens (tertiary/aromatic N) is 5. The van der Waals surface area contributed by atoms with Gasteiger partial charge in [0.1, 0.15) is 11.6 Å². The van der Waals surface area contributed by atoms with Crippen LogP contribution in [0.4, 0.5) is 5.82 Å². The first-order valence-corrected chi connectivity index (χ1v) is 9.05. The molecule has 1 fully saturated rings. The average Bonchev–Trinajstić information content (AvgIpc) is 3.17. The van der Waals surface area contributed by atoms with Gasteiger partial charge in [-0.25, -0.2) is 9.97 Å². The quantitative estimate of drug-likeness (QED) is 0.767. The summed E-state index contributed by atoms with van der Waals surface area (Å²) >= 11 is 0. The number of imidazole rings is 1. The van der Waals surface area contributed by atoms with E-state index in [9.17, 15) is 5.11 Å². The lowest BCUT2D eigenvalue weighted by molar-refractivity contribution is 0.281. The van der Waals surface area contributed by atoms with Gasteiger partial charge in [0.15, 0.2) is 0 Å². The lowest BCUT2D eigenvalue weighted by Gasteiger charge is -2.33. The predicted octanol–water partition coefficient (Wildman–Crippen LogP) is 2.60. The number of anilines is 1.